The Bertz CT molecular complexity index is 2030. The van der Waals surface area contributed by atoms with Gasteiger partial charge in [-0.3, -0.25) is 38.9 Å². The third-order valence-electron chi connectivity index (χ3n) is 10.2. The maximum Gasteiger partial charge on any atom is 0.262 e. The van der Waals surface area contributed by atoms with E-state index in [1.54, 1.807) is 35.1 Å². The van der Waals surface area contributed by atoms with Crippen molar-refractivity contribution >= 4 is 40.9 Å². The fourth-order valence-electron chi connectivity index (χ4n) is 7.03. The first-order valence-electron chi connectivity index (χ1n) is 16.3. The van der Waals surface area contributed by atoms with Crippen LogP contribution in [0, 0.1) is 29.1 Å². The Hall–Kier alpha value is -5.75. The Morgan fingerprint density at radius 1 is 0.979 bits per heavy atom. The molecule has 12 heteroatoms. The van der Waals surface area contributed by atoms with Crippen LogP contribution in [0.3, 0.4) is 0 Å². The number of nitrogens with one attached hydrogen (secondary N) is 2. The van der Waals surface area contributed by atoms with Crippen LogP contribution in [0.1, 0.15) is 88.3 Å². The van der Waals surface area contributed by atoms with Crippen LogP contribution in [0.15, 0.2) is 48.8 Å². The molecule has 2 N–H and O–H groups in total. The maximum absolute atomic E-state index is 13.7. The zero-order chi connectivity index (χ0) is 33.2. The van der Waals surface area contributed by atoms with Gasteiger partial charge in [0.15, 0.2) is 0 Å². The van der Waals surface area contributed by atoms with E-state index in [1.165, 1.54) is 0 Å². The van der Waals surface area contributed by atoms with Gasteiger partial charge in [0.25, 0.3) is 17.7 Å². The summed E-state index contributed by atoms with van der Waals surface area (Å²) in [5, 5.41) is 19.2. The summed E-state index contributed by atoms with van der Waals surface area (Å²) in [7, 11) is 0. The number of nitriles is 1. The van der Waals surface area contributed by atoms with Crippen LogP contribution in [-0.4, -0.2) is 63.3 Å². The number of benzene rings is 2. The maximum atomic E-state index is 13.7. The molecule has 0 spiro atoms. The number of imide groups is 2. The highest BCUT2D eigenvalue weighted by molar-refractivity contribution is 6.23. The van der Waals surface area contributed by atoms with Crippen molar-refractivity contribution in [1.82, 2.24) is 20.0 Å². The van der Waals surface area contributed by atoms with Gasteiger partial charge in [0, 0.05) is 37.1 Å². The Labute approximate surface area is 276 Å². The van der Waals surface area contributed by atoms with E-state index in [9.17, 15) is 29.2 Å². The summed E-state index contributed by atoms with van der Waals surface area (Å²) >= 11 is 0. The first-order chi connectivity index (χ1) is 23.2. The molecule has 4 heterocycles. The lowest BCUT2D eigenvalue weighted by Crippen LogP contribution is -2.54. The molecule has 0 radical (unpaired) electrons. The van der Waals surface area contributed by atoms with Gasteiger partial charge in [0.1, 0.15) is 11.6 Å². The largest absolute Gasteiger partial charge is 0.369 e. The molecule has 0 bridgehead atoms. The van der Waals surface area contributed by atoms with E-state index in [0.29, 0.717) is 37.4 Å². The number of hydrogen-bond acceptors (Lipinski definition) is 8. The lowest BCUT2D eigenvalue weighted by atomic mass is 9.76. The molecule has 5 aliphatic rings. The topological polar surface area (TPSA) is 158 Å². The number of fused-ring (bicyclic) bond motifs is 1. The molecular weight excluding hydrogens is 610 g/mol. The summed E-state index contributed by atoms with van der Waals surface area (Å²) in [6.07, 6.45) is 8.11. The summed E-state index contributed by atoms with van der Waals surface area (Å²) in [6.45, 7) is 1.28. The molecule has 2 aliphatic carbocycles. The molecule has 2 saturated carbocycles. The SMILES string of the molecule is N#Cc1ccc(NC(=O)C2(n3cc(C#CC4CN(c5ccc6c(c5)C(=O)N(C5CCC(=O)NC5=O)C6=O)C4)cn3)CCC2)c(C2CC2)c1. The number of hydrogen-bond donors (Lipinski definition) is 2. The third-order valence-corrected chi connectivity index (χ3v) is 10.2. The second kappa shape index (κ2) is 11.2. The number of carbonyl (C=O) groups excluding carboxylic acids is 5. The van der Waals surface area contributed by atoms with Gasteiger partial charge in [-0.05, 0) is 86.4 Å². The normalized spacial score (nSPS) is 21.4. The first kappa shape index (κ1) is 29.6. The van der Waals surface area contributed by atoms with Crippen molar-refractivity contribution in [3.63, 3.8) is 0 Å². The summed E-state index contributed by atoms with van der Waals surface area (Å²) in [4.78, 5) is 66.8. The van der Waals surface area contributed by atoms with E-state index in [-0.39, 0.29) is 35.8 Å². The average molecular weight is 642 g/mol. The highest BCUT2D eigenvalue weighted by Crippen LogP contribution is 2.45. The van der Waals surface area contributed by atoms with Gasteiger partial charge in [-0.25, -0.2) is 0 Å². The van der Waals surface area contributed by atoms with E-state index in [0.717, 1.165) is 46.7 Å². The van der Waals surface area contributed by atoms with Crippen LogP contribution >= 0.6 is 0 Å². The Balaban J connectivity index is 0.913. The van der Waals surface area contributed by atoms with Crippen LogP contribution in [0.4, 0.5) is 11.4 Å². The molecule has 2 saturated heterocycles. The van der Waals surface area contributed by atoms with E-state index in [4.69, 9.17) is 0 Å². The van der Waals surface area contributed by atoms with Crippen molar-refractivity contribution in [2.24, 2.45) is 5.92 Å². The van der Waals surface area contributed by atoms with Crippen molar-refractivity contribution < 1.29 is 24.0 Å². The summed E-state index contributed by atoms with van der Waals surface area (Å²) in [6, 6.07) is 11.7. The molecule has 240 valence electrons. The van der Waals surface area contributed by atoms with Gasteiger partial charge in [-0.2, -0.15) is 10.4 Å². The van der Waals surface area contributed by atoms with E-state index in [2.05, 4.69) is 38.5 Å². The molecule has 1 atom stereocenters. The van der Waals surface area contributed by atoms with Crippen molar-refractivity contribution in [2.75, 3.05) is 23.3 Å². The van der Waals surface area contributed by atoms with Crippen LogP contribution in [0.5, 0.6) is 0 Å². The predicted octanol–water partition coefficient (Wildman–Crippen LogP) is 3.04. The fraction of sp³-hybridized carbons (Fsp3) is 0.361. The fourth-order valence-corrected chi connectivity index (χ4v) is 7.03. The molecule has 1 aromatic heterocycles. The lowest BCUT2D eigenvalue weighted by Gasteiger charge is -2.40. The molecule has 4 fully saturated rings. The Morgan fingerprint density at radius 3 is 2.48 bits per heavy atom. The van der Waals surface area contributed by atoms with Crippen LogP contribution in [-0.2, 0) is 19.9 Å². The van der Waals surface area contributed by atoms with Crippen molar-refractivity contribution in [3.05, 3.63) is 76.6 Å². The van der Waals surface area contributed by atoms with Crippen LogP contribution < -0.4 is 15.5 Å². The Kier molecular flexibility index (Phi) is 6.91. The minimum atomic E-state index is -0.997. The number of aromatic nitrogens is 2. The molecule has 3 aromatic rings. The molecule has 48 heavy (non-hydrogen) atoms. The number of nitrogens with zero attached hydrogens (tertiary/aromatic N) is 5. The van der Waals surface area contributed by atoms with Gasteiger partial charge in [-0.1, -0.05) is 11.8 Å². The molecule has 2 aromatic carbocycles. The van der Waals surface area contributed by atoms with Gasteiger partial charge >= 0.3 is 0 Å². The molecule has 1 unspecified atom stereocenters. The van der Waals surface area contributed by atoms with Crippen molar-refractivity contribution in [3.8, 4) is 17.9 Å². The molecule has 5 amide bonds. The quantitative estimate of drug-likeness (QED) is 0.307. The molecule has 12 nitrogen and oxygen atoms in total. The smallest absolute Gasteiger partial charge is 0.262 e. The highest BCUT2D eigenvalue weighted by atomic mass is 16.2. The monoisotopic (exact) mass is 641 g/mol. The summed E-state index contributed by atoms with van der Waals surface area (Å²) in [5.41, 5.74) is 3.61. The highest BCUT2D eigenvalue weighted by Gasteiger charge is 2.48. The zero-order valence-corrected chi connectivity index (χ0v) is 26.0. The molecule has 3 aliphatic heterocycles. The van der Waals surface area contributed by atoms with E-state index >= 15 is 0 Å². The standard InChI is InChI=1S/C36H31N7O5/c37-16-21-4-9-29(27(14-21)24-5-6-24)39-35(48)36(12-1-13-36)42-20-22(17-38-42)2-3-23-18-41(19-23)25-7-8-26-28(15-25)34(47)43(33(26)46)30-10-11-31(44)40-32(30)45/h4,7-9,14-15,17,20,23-24,30H,1,5-6,10-13,18-19H2,(H,39,48)(H,40,44,45). The summed E-state index contributed by atoms with van der Waals surface area (Å²) < 4.78 is 1.74. The van der Waals surface area contributed by atoms with Crippen molar-refractivity contribution in [1.29, 1.82) is 5.26 Å². The summed E-state index contributed by atoms with van der Waals surface area (Å²) in [5.74, 6) is 4.76. The second-order valence-electron chi connectivity index (χ2n) is 13.2. The number of carbonyl (C=O) groups is 5. The van der Waals surface area contributed by atoms with Gasteiger partial charge < -0.3 is 10.2 Å². The van der Waals surface area contributed by atoms with Gasteiger partial charge in [-0.15, -0.1) is 0 Å². The number of rotatable bonds is 6. The molecule has 8 rings (SSSR count). The minimum Gasteiger partial charge on any atom is -0.369 e. The van der Waals surface area contributed by atoms with Crippen LogP contribution in [0.2, 0.25) is 0 Å². The van der Waals surface area contributed by atoms with Gasteiger partial charge in [0.2, 0.25) is 11.8 Å². The van der Waals surface area contributed by atoms with Crippen LogP contribution in [0.25, 0.3) is 0 Å². The predicted molar refractivity (Wildman–Crippen MR) is 172 cm³/mol. The number of anilines is 2. The van der Waals surface area contributed by atoms with Crippen molar-refractivity contribution in [2.45, 2.75) is 62.4 Å². The average Bonchev–Trinajstić information content (AvgIpc) is 3.73. The minimum absolute atomic E-state index is 0.0727. The second-order valence-corrected chi connectivity index (χ2v) is 13.2. The molecular formula is C36H31N7O5. The zero-order valence-electron chi connectivity index (χ0n) is 26.0. The first-order valence-corrected chi connectivity index (χ1v) is 16.3. The van der Waals surface area contributed by atoms with E-state index < -0.39 is 35.2 Å². The number of amides is 5. The third kappa shape index (κ3) is 4.92. The van der Waals surface area contributed by atoms with Gasteiger partial charge in [0.05, 0.1) is 40.4 Å². The lowest BCUT2D eigenvalue weighted by molar-refractivity contribution is -0.136. The number of piperidine rings is 1. The Morgan fingerprint density at radius 2 is 1.77 bits per heavy atom. The van der Waals surface area contributed by atoms with E-state index in [1.807, 2.05) is 18.3 Å².